The Balaban J connectivity index is 1.68. The third kappa shape index (κ3) is 2.73. The minimum Gasteiger partial charge on any atom is -0.388 e. The molecule has 0 radical (unpaired) electrons. The van der Waals surface area contributed by atoms with E-state index in [0.29, 0.717) is 0 Å². The highest BCUT2D eigenvalue weighted by Crippen LogP contribution is 2.25. The van der Waals surface area contributed by atoms with Gasteiger partial charge in [-0.25, -0.2) is 0 Å². The standard InChI is InChI=1S/C17H20N2/c1-18-16-7-2-4-13(10-16)12-19-17-9-8-14-5-3-6-15(14)11-17/h2,4,7-11,18-19H,3,5-6,12H2,1H3. The van der Waals surface area contributed by atoms with Crippen molar-refractivity contribution < 1.29 is 0 Å². The first-order valence-corrected chi connectivity index (χ1v) is 6.97. The molecule has 98 valence electrons. The molecule has 0 aliphatic heterocycles. The molecule has 3 rings (SSSR count). The molecule has 2 nitrogen and oxygen atoms in total. The number of nitrogens with one attached hydrogen (secondary N) is 2. The summed E-state index contributed by atoms with van der Waals surface area (Å²) in [5.41, 5.74) is 6.74. The number of hydrogen-bond acceptors (Lipinski definition) is 2. The summed E-state index contributed by atoms with van der Waals surface area (Å²) in [5, 5.41) is 6.69. The lowest BCUT2D eigenvalue weighted by molar-refractivity contribution is 0.912. The second-order valence-electron chi connectivity index (χ2n) is 5.14. The van der Waals surface area contributed by atoms with Crippen LogP contribution in [0.5, 0.6) is 0 Å². The lowest BCUT2D eigenvalue weighted by atomic mass is 10.1. The van der Waals surface area contributed by atoms with E-state index in [-0.39, 0.29) is 0 Å². The Bertz CT molecular complexity index is 575. The van der Waals surface area contributed by atoms with Gasteiger partial charge in [0.25, 0.3) is 0 Å². The normalized spacial score (nSPS) is 13.1. The van der Waals surface area contributed by atoms with Crippen molar-refractivity contribution in [1.29, 1.82) is 0 Å². The number of aryl methyl sites for hydroxylation is 2. The molecule has 0 saturated heterocycles. The Morgan fingerprint density at radius 1 is 0.947 bits per heavy atom. The first-order chi connectivity index (χ1) is 9.35. The zero-order chi connectivity index (χ0) is 13.1. The molecule has 0 atom stereocenters. The van der Waals surface area contributed by atoms with E-state index in [4.69, 9.17) is 0 Å². The molecule has 2 N–H and O–H groups in total. The van der Waals surface area contributed by atoms with Crippen molar-refractivity contribution in [2.24, 2.45) is 0 Å². The largest absolute Gasteiger partial charge is 0.388 e. The van der Waals surface area contributed by atoms with Gasteiger partial charge in [0.15, 0.2) is 0 Å². The van der Waals surface area contributed by atoms with E-state index in [1.54, 1.807) is 0 Å². The fraction of sp³-hybridized carbons (Fsp3) is 0.294. The molecule has 1 aliphatic rings. The maximum atomic E-state index is 3.51. The minimum atomic E-state index is 0.869. The van der Waals surface area contributed by atoms with Crippen molar-refractivity contribution in [1.82, 2.24) is 0 Å². The molecule has 0 aromatic heterocycles. The smallest absolute Gasteiger partial charge is 0.0401 e. The Kier molecular flexibility index (Phi) is 3.41. The molecular weight excluding hydrogens is 232 g/mol. The predicted octanol–water partition coefficient (Wildman–Crippen LogP) is 3.83. The van der Waals surface area contributed by atoms with Crippen molar-refractivity contribution >= 4 is 11.4 Å². The zero-order valence-electron chi connectivity index (χ0n) is 11.4. The second kappa shape index (κ2) is 5.35. The number of rotatable bonds is 4. The minimum absolute atomic E-state index is 0.869. The van der Waals surface area contributed by atoms with Gasteiger partial charge in [0.05, 0.1) is 0 Å². The van der Waals surface area contributed by atoms with E-state index in [1.807, 2.05) is 7.05 Å². The first kappa shape index (κ1) is 12.1. The number of benzene rings is 2. The van der Waals surface area contributed by atoms with Gasteiger partial charge in [-0.1, -0.05) is 18.2 Å². The summed E-state index contributed by atoms with van der Waals surface area (Å²) < 4.78 is 0. The molecule has 2 aromatic carbocycles. The fourth-order valence-corrected chi connectivity index (χ4v) is 2.72. The van der Waals surface area contributed by atoms with Crippen LogP contribution in [0, 0.1) is 0 Å². The van der Waals surface area contributed by atoms with E-state index in [0.717, 1.165) is 12.2 Å². The van der Waals surface area contributed by atoms with Crippen LogP contribution in [-0.4, -0.2) is 7.05 Å². The lowest BCUT2D eigenvalue weighted by Crippen LogP contribution is -2.00. The number of hydrogen-bond donors (Lipinski definition) is 2. The van der Waals surface area contributed by atoms with E-state index in [1.165, 1.54) is 41.6 Å². The van der Waals surface area contributed by atoms with Crippen LogP contribution in [-0.2, 0) is 19.4 Å². The molecule has 1 aliphatic carbocycles. The Labute approximate surface area is 114 Å². The first-order valence-electron chi connectivity index (χ1n) is 6.97. The molecule has 0 unspecified atom stereocenters. The molecule has 0 saturated carbocycles. The van der Waals surface area contributed by atoms with Crippen molar-refractivity contribution in [3.63, 3.8) is 0 Å². The summed E-state index contributed by atoms with van der Waals surface area (Å²) in [6, 6.07) is 15.3. The SMILES string of the molecule is CNc1cccc(CNc2ccc3c(c2)CCC3)c1. The summed E-state index contributed by atoms with van der Waals surface area (Å²) >= 11 is 0. The Morgan fingerprint density at radius 2 is 1.84 bits per heavy atom. The molecule has 2 aromatic rings. The fourth-order valence-electron chi connectivity index (χ4n) is 2.72. The quantitative estimate of drug-likeness (QED) is 0.864. The van der Waals surface area contributed by atoms with Crippen LogP contribution in [0.15, 0.2) is 42.5 Å². The van der Waals surface area contributed by atoms with Gasteiger partial charge in [0.1, 0.15) is 0 Å². The van der Waals surface area contributed by atoms with Gasteiger partial charge in [0, 0.05) is 25.0 Å². The van der Waals surface area contributed by atoms with E-state index >= 15 is 0 Å². The van der Waals surface area contributed by atoms with Gasteiger partial charge in [-0.2, -0.15) is 0 Å². The van der Waals surface area contributed by atoms with Gasteiger partial charge in [0.2, 0.25) is 0 Å². The Morgan fingerprint density at radius 3 is 2.74 bits per heavy atom. The van der Waals surface area contributed by atoms with Crippen LogP contribution < -0.4 is 10.6 Å². The maximum absolute atomic E-state index is 3.51. The summed E-state index contributed by atoms with van der Waals surface area (Å²) in [5.74, 6) is 0. The molecule has 0 heterocycles. The highest BCUT2D eigenvalue weighted by atomic mass is 14.9. The Hall–Kier alpha value is -1.96. The average molecular weight is 252 g/mol. The van der Waals surface area contributed by atoms with Crippen LogP contribution >= 0.6 is 0 Å². The molecule has 0 spiro atoms. The van der Waals surface area contributed by atoms with Crippen molar-refractivity contribution in [2.75, 3.05) is 17.7 Å². The predicted molar refractivity (Wildman–Crippen MR) is 81.8 cm³/mol. The highest BCUT2D eigenvalue weighted by molar-refractivity contribution is 5.51. The van der Waals surface area contributed by atoms with Crippen LogP contribution in [0.4, 0.5) is 11.4 Å². The van der Waals surface area contributed by atoms with Crippen LogP contribution in [0.25, 0.3) is 0 Å². The van der Waals surface area contributed by atoms with Crippen molar-refractivity contribution in [3.05, 3.63) is 59.2 Å². The van der Waals surface area contributed by atoms with Crippen LogP contribution in [0.2, 0.25) is 0 Å². The molecule has 0 amide bonds. The molecule has 0 fully saturated rings. The molecule has 2 heteroatoms. The average Bonchev–Trinajstić information content (AvgIpc) is 2.93. The van der Waals surface area contributed by atoms with Gasteiger partial charge in [-0.05, 0) is 60.2 Å². The molecule has 0 bridgehead atoms. The summed E-state index contributed by atoms with van der Waals surface area (Å²) in [7, 11) is 1.95. The van der Waals surface area contributed by atoms with Crippen LogP contribution in [0.1, 0.15) is 23.1 Å². The molecule has 19 heavy (non-hydrogen) atoms. The number of anilines is 2. The third-order valence-corrected chi connectivity index (χ3v) is 3.81. The zero-order valence-corrected chi connectivity index (χ0v) is 11.4. The van der Waals surface area contributed by atoms with E-state index in [9.17, 15) is 0 Å². The third-order valence-electron chi connectivity index (χ3n) is 3.81. The van der Waals surface area contributed by atoms with Crippen molar-refractivity contribution in [3.8, 4) is 0 Å². The van der Waals surface area contributed by atoms with Gasteiger partial charge in [-0.15, -0.1) is 0 Å². The maximum Gasteiger partial charge on any atom is 0.0401 e. The van der Waals surface area contributed by atoms with Crippen molar-refractivity contribution in [2.45, 2.75) is 25.8 Å². The second-order valence-corrected chi connectivity index (χ2v) is 5.14. The monoisotopic (exact) mass is 252 g/mol. The van der Waals surface area contributed by atoms with E-state index < -0.39 is 0 Å². The lowest BCUT2D eigenvalue weighted by Gasteiger charge is -2.10. The summed E-state index contributed by atoms with van der Waals surface area (Å²) in [6.45, 7) is 0.869. The van der Waals surface area contributed by atoms with Crippen LogP contribution in [0.3, 0.4) is 0 Å². The summed E-state index contributed by atoms with van der Waals surface area (Å²) in [6.07, 6.45) is 3.79. The topological polar surface area (TPSA) is 24.1 Å². The van der Waals surface area contributed by atoms with Gasteiger partial charge >= 0.3 is 0 Å². The number of fused-ring (bicyclic) bond motifs is 1. The van der Waals surface area contributed by atoms with Gasteiger partial charge in [-0.3, -0.25) is 0 Å². The summed E-state index contributed by atoms with van der Waals surface area (Å²) in [4.78, 5) is 0. The van der Waals surface area contributed by atoms with Gasteiger partial charge < -0.3 is 10.6 Å². The molecular formula is C17H20N2. The highest BCUT2D eigenvalue weighted by Gasteiger charge is 2.10. The van der Waals surface area contributed by atoms with E-state index in [2.05, 4.69) is 53.1 Å².